The van der Waals surface area contributed by atoms with Crippen LogP contribution in [0.4, 0.5) is 23.1 Å². The van der Waals surface area contributed by atoms with Crippen LogP contribution in [0.1, 0.15) is 18.4 Å². The molecule has 0 unspecified atom stereocenters. The van der Waals surface area contributed by atoms with Gasteiger partial charge in [-0.05, 0) is 18.6 Å². The highest BCUT2D eigenvalue weighted by Gasteiger charge is 2.27. The lowest BCUT2D eigenvalue weighted by Crippen LogP contribution is -2.27. The van der Waals surface area contributed by atoms with Gasteiger partial charge in [0, 0.05) is 19.3 Å². The SMILES string of the molecule is Cc1ccc(Nc2ncnc(N(CCC#N)CCC#N)c2[N+](=O)[O-])nc1. The van der Waals surface area contributed by atoms with Crippen molar-refractivity contribution >= 4 is 23.1 Å². The molecule has 0 aliphatic heterocycles. The van der Waals surface area contributed by atoms with Crippen LogP contribution in [-0.2, 0) is 0 Å². The van der Waals surface area contributed by atoms with Gasteiger partial charge in [-0.3, -0.25) is 10.1 Å². The maximum atomic E-state index is 11.6. The van der Waals surface area contributed by atoms with Crippen LogP contribution >= 0.6 is 0 Å². The third kappa shape index (κ3) is 4.61. The summed E-state index contributed by atoms with van der Waals surface area (Å²) in [7, 11) is 0. The topological polar surface area (TPSA) is 145 Å². The van der Waals surface area contributed by atoms with Crippen LogP contribution in [0.25, 0.3) is 0 Å². The first-order valence-corrected chi connectivity index (χ1v) is 7.74. The Balaban J connectivity index is 2.42. The summed E-state index contributed by atoms with van der Waals surface area (Å²) in [6.45, 7) is 2.32. The number of hydrogen-bond acceptors (Lipinski definition) is 9. The molecule has 0 aliphatic carbocycles. The van der Waals surface area contributed by atoms with Gasteiger partial charge >= 0.3 is 5.69 Å². The van der Waals surface area contributed by atoms with E-state index in [1.165, 1.54) is 6.33 Å². The molecule has 0 saturated carbocycles. The summed E-state index contributed by atoms with van der Waals surface area (Å²) in [5.74, 6) is 0.462. The minimum atomic E-state index is -0.586. The van der Waals surface area contributed by atoms with Gasteiger partial charge in [-0.25, -0.2) is 15.0 Å². The number of nitrogens with one attached hydrogen (secondary N) is 1. The average molecular weight is 352 g/mol. The average Bonchev–Trinajstić information content (AvgIpc) is 2.63. The molecule has 1 N–H and O–H groups in total. The largest absolute Gasteiger partial charge is 0.353 e. The van der Waals surface area contributed by atoms with Gasteiger partial charge in [0.25, 0.3) is 0 Å². The molecule has 0 saturated heterocycles. The first-order valence-electron chi connectivity index (χ1n) is 7.74. The van der Waals surface area contributed by atoms with Crippen molar-refractivity contribution in [1.82, 2.24) is 15.0 Å². The Labute approximate surface area is 149 Å². The zero-order chi connectivity index (χ0) is 18.9. The van der Waals surface area contributed by atoms with Crippen LogP contribution in [0.3, 0.4) is 0 Å². The van der Waals surface area contributed by atoms with Gasteiger partial charge in [-0.1, -0.05) is 6.07 Å². The Hall–Kier alpha value is -3.79. The van der Waals surface area contributed by atoms with Crippen LogP contribution in [0.2, 0.25) is 0 Å². The summed E-state index contributed by atoms with van der Waals surface area (Å²) in [5, 5.41) is 32.1. The second-order valence-corrected chi connectivity index (χ2v) is 5.30. The number of rotatable bonds is 8. The lowest BCUT2D eigenvalue weighted by molar-refractivity contribution is -0.383. The number of anilines is 3. The van der Waals surface area contributed by atoms with Crippen LogP contribution in [0.15, 0.2) is 24.7 Å². The zero-order valence-electron chi connectivity index (χ0n) is 14.1. The van der Waals surface area contributed by atoms with Crippen LogP contribution in [-0.4, -0.2) is 33.0 Å². The summed E-state index contributed by atoms with van der Waals surface area (Å²) in [6, 6.07) is 7.48. The fourth-order valence-electron chi connectivity index (χ4n) is 2.22. The predicted molar refractivity (Wildman–Crippen MR) is 93.6 cm³/mol. The Morgan fingerprint density at radius 3 is 2.42 bits per heavy atom. The van der Waals surface area contributed by atoms with Crippen molar-refractivity contribution in [3.63, 3.8) is 0 Å². The molecule has 2 rings (SSSR count). The van der Waals surface area contributed by atoms with Crippen molar-refractivity contribution in [2.24, 2.45) is 0 Å². The van der Waals surface area contributed by atoms with Gasteiger partial charge in [0.1, 0.15) is 12.1 Å². The van der Waals surface area contributed by atoms with E-state index in [9.17, 15) is 10.1 Å². The molecule has 0 radical (unpaired) electrons. The lowest BCUT2D eigenvalue weighted by Gasteiger charge is -2.21. The molecule has 2 aromatic rings. The minimum absolute atomic E-state index is 0.00438. The zero-order valence-corrected chi connectivity index (χ0v) is 14.1. The van der Waals surface area contributed by atoms with Gasteiger partial charge in [-0.15, -0.1) is 0 Å². The third-order valence-corrected chi connectivity index (χ3v) is 3.43. The van der Waals surface area contributed by atoms with Crippen LogP contribution < -0.4 is 10.2 Å². The van der Waals surface area contributed by atoms with E-state index < -0.39 is 4.92 Å². The highest BCUT2D eigenvalue weighted by atomic mass is 16.6. The highest BCUT2D eigenvalue weighted by molar-refractivity contribution is 5.73. The fraction of sp³-hybridized carbons (Fsp3) is 0.312. The van der Waals surface area contributed by atoms with Crippen LogP contribution in [0.5, 0.6) is 0 Å². The Morgan fingerprint density at radius 2 is 1.88 bits per heavy atom. The molecular formula is C16H16N8O2. The number of aryl methyl sites for hydroxylation is 1. The van der Waals surface area contributed by atoms with Gasteiger partial charge in [0.2, 0.25) is 11.6 Å². The van der Waals surface area contributed by atoms with Crippen molar-refractivity contribution in [2.45, 2.75) is 19.8 Å². The highest BCUT2D eigenvalue weighted by Crippen LogP contribution is 2.33. The van der Waals surface area contributed by atoms with Gasteiger partial charge in [0.15, 0.2) is 0 Å². The van der Waals surface area contributed by atoms with E-state index in [4.69, 9.17) is 10.5 Å². The summed E-state index contributed by atoms with van der Waals surface area (Å²) < 4.78 is 0. The molecular weight excluding hydrogens is 336 g/mol. The van der Waals surface area contributed by atoms with Gasteiger partial charge in [-0.2, -0.15) is 10.5 Å². The first-order chi connectivity index (χ1) is 12.6. The summed E-state index contributed by atoms with van der Waals surface area (Å²) in [6.07, 6.45) is 3.12. The number of nitrogens with zero attached hydrogens (tertiary/aromatic N) is 7. The summed E-state index contributed by atoms with van der Waals surface area (Å²) in [4.78, 5) is 24.7. The molecule has 26 heavy (non-hydrogen) atoms. The molecule has 0 atom stereocenters. The smallest absolute Gasteiger partial charge is 0.349 e. The van der Waals surface area contributed by atoms with E-state index in [1.807, 2.05) is 25.1 Å². The number of nitriles is 2. The summed E-state index contributed by atoms with van der Waals surface area (Å²) >= 11 is 0. The molecule has 2 aromatic heterocycles. The molecule has 0 amide bonds. The molecule has 10 nitrogen and oxygen atoms in total. The maximum Gasteiger partial charge on any atom is 0.353 e. The minimum Gasteiger partial charge on any atom is -0.349 e. The Morgan fingerprint density at radius 1 is 1.19 bits per heavy atom. The standard InChI is InChI=1S/C16H16N8O2/c1-12-4-5-13(19-10-12)22-15-14(24(25)26)16(21-11-20-15)23(8-2-6-17)9-3-7-18/h4-5,10-11H,2-3,8-9H2,1H3,(H,19,20,21,22). The number of aromatic nitrogens is 3. The quantitative estimate of drug-likeness (QED) is 0.559. The second-order valence-electron chi connectivity index (χ2n) is 5.30. The third-order valence-electron chi connectivity index (χ3n) is 3.43. The van der Waals surface area contributed by atoms with Crippen LogP contribution in [0, 0.1) is 39.7 Å². The van der Waals surface area contributed by atoms with Crippen molar-refractivity contribution in [3.05, 3.63) is 40.3 Å². The fourth-order valence-corrected chi connectivity index (χ4v) is 2.22. The van der Waals surface area contributed by atoms with Gasteiger partial charge in [0.05, 0.1) is 29.9 Å². The van der Waals surface area contributed by atoms with E-state index in [2.05, 4.69) is 20.3 Å². The molecule has 10 heteroatoms. The van der Waals surface area contributed by atoms with Crippen molar-refractivity contribution in [2.75, 3.05) is 23.3 Å². The monoisotopic (exact) mass is 352 g/mol. The van der Waals surface area contributed by atoms with Crippen molar-refractivity contribution < 1.29 is 4.92 Å². The van der Waals surface area contributed by atoms with E-state index in [0.29, 0.717) is 5.82 Å². The summed E-state index contributed by atoms with van der Waals surface area (Å²) in [5.41, 5.74) is 0.623. The molecule has 0 bridgehead atoms. The van der Waals surface area contributed by atoms with E-state index in [1.54, 1.807) is 17.2 Å². The molecule has 0 aliphatic rings. The molecule has 0 aromatic carbocycles. The normalized spacial score (nSPS) is 9.81. The maximum absolute atomic E-state index is 11.6. The Kier molecular flexibility index (Phi) is 6.34. The Bertz CT molecular complexity index is 836. The van der Waals surface area contributed by atoms with Crippen molar-refractivity contribution in [1.29, 1.82) is 10.5 Å². The predicted octanol–water partition coefficient (Wildman–Crippen LogP) is 2.47. The van der Waals surface area contributed by atoms with Crippen molar-refractivity contribution in [3.8, 4) is 12.1 Å². The molecule has 0 spiro atoms. The number of pyridine rings is 1. The molecule has 132 valence electrons. The first kappa shape index (κ1) is 18.5. The van der Waals surface area contributed by atoms with E-state index >= 15 is 0 Å². The number of hydrogen-bond donors (Lipinski definition) is 1. The number of nitro groups is 1. The second kappa shape index (κ2) is 8.89. The lowest BCUT2D eigenvalue weighted by atomic mass is 10.3. The van der Waals surface area contributed by atoms with E-state index in [0.717, 1.165) is 5.56 Å². The van der Waals surface area contributed by atoms with E-state index in [-0.39, 0.29) is 43.3 Å². The van der Waals surface area contributed by atoms with Gasteiger partial charge < -0.3 is 10.2 Å². The molecule has 2 heterocycles. The molecule has 0 fully saturated rings.